The number of anilines is 3. The van der Waals surface area contributed by atoms with Crippen LogP contribution in [0.5, 0.6) is 0 Å². The summed E-state index contributed by atoms with van der Waals surface area (Å²) in [7, 11) is 0. The Balaban J connectivity index is 0.00000156. The van der Waals surface area contributed by atoms with Crippen LogP contribution >= 0.6 is 0 Å². The van der Waals surface area contributed by atoms with Gasteiger partial charge in [-0.05, 0) is 55.2 Å². The molecule has 1 aliphatic rings. The lowest BCUT2D eigenvalue weighted by atomic mass is 10.0. The zero-order valence-electron chi connectivity index (χ0n) is 12.8. The molecule has 1 heteroatoms. The Morgan fingerprint density at radius 3 is 1.65 bits per heavy atom. The van der Waals surface area contributed by atoms with E-state index < -0.39 is 0 Å². The van der Waals surface area contributed by atoms with E-state index in [4.69, 9.17) is 0 Å². The molecule has 3 aromatic carbocycles. The molecule has 1 aliphatic heterocycles. The van der Waals surface area contributed by atoms with Gasteiger partial charge in [0.15, 0.2) is 0 Å². The van der Waals surface area contributed by atoms with Crippen molar-refractivity contribution < 1.29 is 0 Å². The van der Waals surface area contributed by atoms with E-state index >= 15 is 0 Å². The van der Waals surface area contributed by atoms with Crippen molar-refractivity contribution in [2.75, 3.05) is 4.90 Å². The SMILES string of the molecule is C.Cc1ccc(N2c3ccccc3CCc3ccccc32)cc1. The van der Waals surface area contributed by atoms with Gasteiger partial charge in [-0.3, -0.25) is 0 Å². The van der Waals surface area contributed by atoms with Gasteiger partial charge in [0, 0.05) is 17.1 Å². The predicted molar refractivity (Wildman–Crippen MR) is 100 cm³/mol. The number of hydrogen-bond donors (Lipinski definition) is 0. The van der Waals surface area contributed by atoms with Gasteiger partial charge in [-0.2, -0.15) is 0 Å². The first-order chi connectivity index (χ1) is 10.8. The minimum Gasteiger partial charge on any atom is -0.310 e. The third-order valence-electron chi connectivity index (χ3n) is 4.42. The monoisotopic (exact) mass is 301 g/mol. The van der Waals surface area contributed by atoms with E-state index in [-0.39, 0.29) is 7.43 Å². The molecular formula is C22H23N. The molecule has 23 heavy (non-hydrogen) atoms. The summed E-state index contributed by atoms with van der Waals surface area (Å²) in [4.78, 5) is 2.40. The second kappa shape index (κ2) is 6.29. The summed E-state index contributed by atoms with van der Waals surface area (Å²) in [5.41, 5.74) is 7.96. The number of benzene rings is 3. The zero-order chi connectivity index (χ0) is 14.9. The Morgan fingerprint density at radius 1 is 0.652 bits per heavy atom. The van der Waals surface area contributed by atoms with Crippen LogP contribution < -0.4 is 4.90 Å². The molecule has 0 saturated heterocycles. The first-order valence-electron chi connectivity index (χ1n) is 7.85. The van der Waals surface area contributed by atoms with E-state index in [1.165, 1.54) is 33.8 Å². The molecule has 0 saturated carbocycles. The van der Waals surface area contributed by atoms with Gasteiger partial charge >= 0.3 is 0 Å². The van der Waals surface area contributed by atoms with E-state index in [9.17, 15) is 0 Å². The molecule has 0 bridgehead atoms. The van der Waals surface area contributed by atoms with Crippen LogP contribution in [0.2, 0.25) is 0 Å². The smallest absolute Gasteiger partial charge is 0.0493 e. The molecule has 0 fully saturated rings. The van der Waals surface area contributed by atoms with Gasteiger partial charge < -0.3 is 4.90 Å². The maximum Gasteiger partial charge on any atom is 0.0493 e. The Kier molecular flexibility index (Phi) is 4.20. The van der Waals surface area contributed by atoms with Crippen molar-refractivity contribution in [2.24, 2.45) is 0 Å². The fourth-order valence-electron chi connectivity index (χ4n) is 3.25. The number of hydrogen-bond acceptors (Lipinski definition) is 1. The summed E-state index contributed by atoms with van der Waals surface area (Å²) in [6.07, 6.45) is 2.19. The lowest BCUT2D eigenvalue weighted by molar-refractivity contribution is 0.977. The molecule has 0 atom stereocenters. The lowest BCUT2D eigenvalue weighted by Gasteiger charge is -2.27. The standard InChI is InChI=1S/C21H19N.CH4/c1-16-10-14-19(15-11-16)22-20-8-4-2-6-17(20)12-13-18-7-3-5-9-21(18)22;/h2-11,14-15H,12-13H2,1H3;1H4. The van der Waals surface area contributed by atoms with Crippen LogP contribution in [0.15, 0.2) is 72.8 Å². The van der Waals surface area contributed by atoms with Gasteiger partial charge in [-0.25, -0.2) is 0 Å². The summed E-state index contributed by atoms with van der Waals surface area (Å²) in [6.45, 7) is 2.13. The number of nitrogens with zero attached hydrogens (tertiary/aromatic N) is 1. The number of para-hydroxylation sites is 2. The van der Waals surface area contributed by atoms with Crippen molar-refractivity contribution in [3.63, 3.8) is 0 Å². The summed E-state index contributed by atoms with van der Waals surface area (Å²) in [5, 5.41) is 0. The largest absolute Gasteiger partial charge is 0.310 e. The Hall–Kier alpha value is -2.54. The van der Waals surface area contributed by atoms with Crippen LogP contribution in [0, 0.1) is 6.92 Å². The van der Waals surface area contributed by atoms with E-state index in [1.54, 1.807) is 0 Å². The van der Waals surface area contributed by atoms with Gasteiger partial charge in [0.1, 0.15) is 0 Å². The van der Waals surface area contributed by atoms with Crippen LogP contribution in [0.3, 0.4) is 0 Å². The molecule has 1 heterocycles. The van der Waals surface area contributed by atoms with Crippen LogP contribution in [-0.2, 0) is 12.8 Å². The average molecular weight is 301 g/mol. The zero-order valence-corrected chi connectivity index (χ0v) is 12.8. The van der Waals surface area contributed by atoms with Crippen molar-refractivity contribution in [1.82, 2.24) is 0 Å². The Bertz CT molecular complexity index is 755. The summed E-state index contributed by atoms with van der Waals surface area (Å²) < 4.78 is 0. The third-order valence-corrected chi connectivity index (χ3v) is 4.42. The van der Waals surface area contributed by atoms with Crippen molar-refractivity contribution in [1.29, 1.82) is 0 Å². The number of aryl methyl sites for hydroxylation is 3. The lowest BCUT2D eigenvalue weighted by Crippen LogP contribution is -2.11. The molecule has 0 aliphatic carbocycles. The normalized spacial score (nSPS) is 12.7. The van der Waals surface area contributed by atoms with Crippen molar-refractivity contribution in [3.05, 3.63) is 89.5 Å². The van der Waals surface area contributed by atoms with E-state index in [0.717, 1.165) is 12.8 Å². The molecular weight excluding hydrogens is 278 g/mol. The minimum absolute atomic E-state index is 0. The molecule has 0 radical (unpaired) electrons. The molecule has 0 amide bonds. The summed E-state index contributed by atoms with van der Waals surface area (Å²) >= 11 is 0. The van der Waals surface area contributed by atoms with Crippen molar-refractivity contribution in [3.8, 4) is 0 Å². The second-order valence-corrected chi connectivity index (χ2v) is 5.93. The van der Waals surface area contributed by atoms with E-state index in [0.29, 0.717) is 0 Å². The fraction of sp³-hybridized carbons (Fsp3) is 0.182. The van der Waals surface area contributed by atoms with Crippen molar-refractivity contribution in [2.45, 2.75) is 27.2 Å². The first kappa shape index (κ1) is 15.4. The number of fused-ring (bicyclic) bond motifs is 2. The van der Waals surface area contributed by atoms with Gasteiger partial charge in [0.05, 0.1) is 0 Å². The van der Waals surface area contributed by atoms with Crippen LogP contribution in [0.4, 0.5) is 17.1 Å². The molecule has 0 unspecified atom stereocenters. The molecule has 116 valence electrons. The molecule has 1 nitrogen and oxygen atoms in total. The Morgan fingerprint density at radius 2 is 1.13 bits per heavy atom. The topological polar surface area (TPSA) is 3.24 Å². The van der Waals surface area contributed by atoms with Crippen molar-refractivity contribution >= 4 is 17.1 Å². The third kappa shape index (κ3) is 2.75. The highest BCUT2D eigenvalue weighted by atomic mass is 15.1. The quantitative estimate of drug-likeness (QED) is 0.517. The summed E-state index contributed by atoms with van der Waals surface area (Å²) in [6, 6.07) is 26.3. The van der Waals surface area contributed by atoms with Gasteiger partial charge in [-0.15, -0.1) is 0 Å². The maximum atomic E-state index is 2.40. The molecule has 3 aromatic rings. The predicted octanol–water partition coefficient (Wildman–Crippen LogP) is 6.20. The fourth-order valence-corrected chi connectivity index (χ4v) is 3.25. The average Bonchev–Trinajstić information content (AvgIpc) is 2.73. The van der Waals surface area contributed by atoms with Crippen LogP contribution in [-0.4, -0.2) is 0 Å². The second-order valence-electron chi connectivity index (χ2n) is 5.93. The highest BCUT2D eigenvalue weighted by Gasteiger charge is 2.21. The highest BCUT2D eigenvalue weighted by Crippen LogP contribution is 2.41. The van der Waals surface area contributed by atoms with Crippen LogP contribution in [0.25, 0.3) is 0 Å². The molecule has 4 rings (SSSR count). The molecule has 0 spiro atoms. The van der Waals surface area contributed by atoms with Crippen LogP contribution in [0.1, 0.15) is 24.1 Å². The van der Waals surface area contributed by atoms with Gasteiger partial charge in [-0.1, -0.05) is 61.5 Å². The summed E-state index contributed by atoms with van der Waals surface area (Å²) in [5.74, 6) is 0. The minimum atomic E-state index is 0. The maximum absolute atomic E-state index is 2.40. The number of rotatable bonds is 1. The highest BCUT2D eigenvalue weighted by molar-refractivity contribution is 5.81. The van der Waals surface area contributed by atoms with Gasteiger partial charge in [0.25, 0.3) is 0 Å². The van der Waals surface area contributed by atoms with E-state index in [1.807, 2.05) is 0 Å². The first-order valence-corrected chi connectivity index (χ1v) is 7.85. The van der Waals surface area contributed by atoms with E-state index in [2.05, 4.69) is 84.6 Å². The molecule has 0 N–H and O–H groups in total. The molecule has 0 aromatic heterocycles. The van der Waals surface area contributed by atoms with Gasteiger partial charge in [0.2, 0.25) is 0 Å². The Labute approximate surface area is 139 Å².